The third kappa shape index (κ3) is 5.37. The maximum Gasteiger partial charge on any atom is 0.305 e. The van der Waals surface area contributed by atoms with E-state index in [4.69, 9.17) is 14.2 Å². The van der Waals surface area contributed by atoms with Crippen LogP contribution in [0.5, 0.6) is 11.5 Å². The molecule has 1 fully saturated rings. The fraction of sp³-hybridized carbons (Fsp3) is 0.364. The van der Waals surface area contributed by atoms with Gasteiger partial charge in [-0.2, -0.15) is 0 Å². The summed E-state index contributed by atoms with van der Waals surface area (Å²) in [7, 11) is 2.76. The minimum atomic E-state index is -0.435. The van der Waals surface area contributed by atoms with Gasteiger partial charge in [-0.15, -0.1) is 4.91 Å². The smallest absolute Gasteiger partial charge is 0.305 e. The number of carbonyl (C=O) groups is 2. The molecule has 31 heavy (non-hydrogen) atoms. The summed E-state index contributed by atoms with van der Waals surface area (Å²) in [4.78, 5) is 37.6. The normalized spacial score (nSPS) is 15.4. The van der Waals surface area contributed by atoms with Gasteiger partial charge in [0.15, 0.2) is 11.5 Å². The van der Waals surface area contributed by atoms with Crippen LogP contribution in [-0.2, 0) is 20.9 Å². The van der Waals surface area contributed by atoms with E-state index in [1.807, 2.05) is 30.3 Å². The average Bonchev–Trinajstić information content (AvgIpc) is 3.29. The minimum Gasteiger partial charge on any atom is -0.493 e. The molecule has 1 unspecified atom stereocenters. The number of ether oxygens (including phenoxy) is 4. The van der Waals surface area contributed by atoms with E-state index in [9.17, 15) is 14.5 Å². The summed E-state index contributed by atoms with van der Waals surface area (Å²) in [5.74, 6) is -0.193. The Balaban J connectivity index is 1.80. The maximum absolute atomic E-state index is 13.1. The first-order valence-electron chi connectivity index (χ1n) is 9.75. The average molecular weight is 428 g/mol. The van der Waals surface area contributed by atoms with Crippen molar-refractivity contribution in [3.05, 3.63) is 58.5 Å². The summed E-state index contributed by atoms with van der Waals surface area (Å²) in [5, 5.41) is 3.02. The molecule has 0 aromatic heterocycles. The first-order chi connectivity index (χ1) is 15.1. The SMILES string of the molecule is COC(=O)CCC1COCN1C(=O)c1cc(OC)c(OCc2ccccc2)cc1N=O. The molecule has 0 bridgehead atoms. The predicted octanol–water partition coefficient (Wildman–Crippen LogP) is 3.42. The zero-order chi connectivity index (χ0) is 22.2. The van der Waals surface area contributed by atoms with E-state index >= 15 is 0 Å². The van der Waals surface area contributed by atoms with Crippen molar-refractivity contribution in [2.75, 3.05) is 27.6 Å². The van der Waals surface area contributed by atoms with Crippen molar-refractivity contribution in [1.82, 2.24) is 4.90 Å². The van der Waals surface area contributed by atoms with Gasteiger partial charge in [0.05, 0.1) is 32.4 Å². The van der Waals surface area contributed by atoms with E-state index in [1.165, 1.54) is 31.3 Å². The van der Waals surface area contributed by atoms with Crippen LogP contribution >= 0.6 is 0 Å². The lowest BCUT2D eigenvalue weighted by molar-refractivity contribution is -0.140. The van der Waals surface area contributed by atoms with Crippen molar-refractivity contribution < 1.29 is 28.5 Å². The van der Waals surface area contributed by atoms with Crippen LogP contribution in [0.2, 0.25) is 0 Å². The number of amides is 1. The molecule has 3 rings (SSSR count). The molecule has 0 saturated carbocycles. The highest BCUT2D eigenvalue weighted by Gasteiger charge is 2.32. The highest BCUT2D eigenvalue weighted by molar-refractivity contribution is 6.00. The highest BCUT2D eigenvalue weighted by Crippen LogP contribution is 2.37. The molecule has 9 nitrogen and oxygen atoms in total. The molecule has 164 valence electrons. The largest absolute Gasteiger partial charge is 0.493 e. The molecular weight excluding hydrogens is 404 g/mol. The van der Waals surface area contributed by atoms with Crippen LogP contribution in [-0.4, -0.2) is 50.4 Å². The zero-order valence-corrected chi connectivity index (χ0v) is 17.4. The number of esters is 1. The fourth-order valence-electron chi connectivity index (χ4n) is 3.29. The lowest BCUT2D eigenvalue weighted by Crippen LogP contribution is -2.37. The van der Waals surface area contributed by atoms with Gasteiger partial charge in [0.1, 0.15) is 19.0 Å². The van der Waals surface area contributed by atoms with Crippen molar-refractivity contribution in [1.29, 1.82) is 0 Å². The molecule has 9 heteroatoms. The summed E-state index contributed by atoms with van der Waals surface area (Å²) < 4.78 is 21.2. The predicted molar refractivity (Wildman–Crippen MR) is 111 cm³/mol. The molecule has 0 aliphatic carbocycles. The number of methoxy groups -OCH3 is 2. The van der Waals surface area contributed by atoms with E-state index < -0.39 is 5.91 Å². The zero-order valence-electron chi connectivity index (χ0n) is 17.4. The van der Waals surface area contributed by atoms with E-state index in [2.05, 4.69) is 9.91 Å². The molecule has 1 saturated heterocycles. The second kappa shape index (κ2) is 10.5. The van der Waals surface area contributed by atoms with Gasteiger partial charge in [0.25, 0.3) is 5.91 Å². The van der Waals surface area contributed by atoms with E-state index in [-0.39, 0.29) is 43.0 Å². The molecular formula is C22H24N2O7. The summed E-state index contributed by atoms with van der Waals surface area (Å²) in [6, 6.07) is 12.0. The fourth-order valence-corrected chi connectivity index (χ4v) is 3.29. The Labute approximate surface area is 179 Å². The van der Waals surface area contributed by atoms with Crippen LogP contribution in [0.15, 0.2) is 47.6 Å². The quantitative estimate of drug-likeness (QED) is 0.445. The molecule has 1 amide bonds. The van der Waals surface area contributed by atoms with E-state index in [0.717, 1.165) is 5.56 Å². The van der Waals surface area contributed by atoms with Gasteiger partial charge in [0, 0.05) is 12.5 Å². The number of hydrogen-bond donors (Lipinski definition) is 0. The molecule has 1 aliphatic heterocycles. The molecule has 1 atom stereocenters. The van der Waals surface area contributed by atoms with Crippen LogP contribution in [0.1, 0.15) is 28.8 Å². The summed E-state index contributed by atoms with van der Waals surface area (Å²) in [6.45, 7) is 0.609. The van der Waals surface area contributed by atoms with Crippen molar-refractivity contribution in [2.45, 2.75) is 25.5 Å². The number of nitroso groups, excluding NO2 is 1. The maximum atomic E-state index is 13.1. The Kier molecular flexibility index (Phi) is 7.55. The Hall–Kier alpha value is -3.46. The second-order valence-electron chi connectivity index (χ2n) is 6.93. The van der Waals surface area contributed by atoms with Crippen molar-refractivity contribution in [2.24, 2.45) is 5.18 Å². The topological polar surface area (TPSA) is 104 Å². The highest BCUT2D eigenvalue weighted by atomic mass is 16.5. The summed E-state index contributed by atoms with van der Waals surface area (Å²) in [5.41, 5.74) is 0.952. The monoisotopic (exact) mass is 428 g/mol. The number of rotatable bonds is 9. The van der Waals surface area contributed by atoms with E-state index in [1.54, 1.807) is 0 Å². The van der Waals surface area contributed by atoms with E-state index in [0.29, 0.717) is 24.5 Å². The van der Waals surface area contributed by atoms with Crippen LogP contribution in [0, 0.1) is 4.91 Å². The Morgan fingerprint density at radius 2 is 1.94 bits per heavy atom. The van der Waals surface area contributed by atoms with Crippen LogP contribution in [0.25, 0.3) is 0 Å². The number of hydrogen-bond acceptors (Lipinski definition) is 8. The summed E-state index contributed by atoms with van der Waals surface area (Å²) >= 11 is 0. The number of carbonyl (C=O) groups excluding carboxylic acids is 2. The second-order valence-corrected chi connectivity index (χ2v) is 6.93. The molecule has 2 aromatic rings. The van der Waals surface area contributed by atoms with Gasteiger partial charge < -0.3 is 23.8 Å². The minimum absolute atomic E-state index is 0.0531. The lowest BCUT2D eigenvalue weighted by atomic mass is 10.1. The first-order valence-corrected chi connectivity index (χ1v) is 9.75. The molecule has 0 radical (unpaired) electrons. The Morgan fingerprint density at radius 1 is 1.16 bits per heavy atom. The lowest BCUT2D eigenvalue weighted by Gasteiger charge is -2.23. The number of benzene rings is 2. The number of nitrogens with zero attached hydrogens (tertiary/aromatic N) is 2. The van der Waals surface area contributed by atoms with Crippen molar-refractivity contribution in [3.8, 4) is 11.5 Å². The van der Waals surface area contributed by atoms with Gasteiger partial charge in [0.2, 0.25) is 0 Å². The van der Waals surface area contributed by atoms with Gasteiger partial charge >= 0.3 is 5.97 Å². The Morgan fingerprint density at radius 3 is 2.61 bits per heavy atom. The third-order valence-corrected chi connectivity index (χ3v) is 5.00. The van der Waals surface area contributed by atoms with Gasteiger partial charge in [-0.3, -0.25) is 9.59 Å². The Bertz CT molecular complexity index is 933. The molecule has 2 aromatic carbocycles. The van der Waals surface area contributed by atoms with Crippen molar-refractivity contribution in [3.63, 3.8) is 0 Å². The molecule has 1 heterocycles. The third-order valence-electron chi connectivity index (χ3n) is 5.00. The molecule has 0 spiro atoms. The van der Waals surface area contributed by atoms with Crippen LogP contribution < -0.4 is 9.47 Å². The first kappa shape index (κ1) is 22.2. The van der Waals surface area contributed by atoms with Crippen LogP contribution in [0.4, 0.5) is 5.69 Å². The van der Waals surface area contributed by atoms with Gasteiger partial charge in [-0.25, -0.2) is 0 Å². The standard InChI is InChI=1S/C22H24N2O7/c1-28-19-10-17(22(26)24-14-30-13-16(24)8-9-21(25)29-2)18(23-27)11-20(19)31-12-15-6-4-3-5-7-15/h3-7,10-11,16H,8-9,12-14H2,1-2H3. The summed E-state index contributed by atoms with van der Waals surface area (Å²) in [6.07, 6.45) is 0.542. The van der Waals surface area contributed by atoms with Gasteiger partial charge in [-0.1, -0.05) is 30.3 Å². The molecule has 0 N–H and O–H groups in total. The van der Waals surface area contributed by atoms with Crippen molar-refractivity contribution >= 4 is 17.6 Å². The van der Waals surface area contributed by atoms with Gasteiger partial charge in [-0.05, 0) is 23.2 Å². The molecule has 1 aliphatic rings. The van der Waals surface area contributed by atoms with Crippen LogP contribution in [0.3, 0.4) is 0 Å².